The molecule has 0 aliphatic carbocycles. The Bertz CT molecular complexity index is 407. The third kappa shape index (κ3) is 1.79. The molecule has 70 valence electrons. The molecule has 0 aliphatic rings. The van der Waals surface area contributed by atoms with E-state index in [0.717, 1.165) is 5.92 Å². The summed E-state index contributed by atoms with van der Waals surface area (Å²) in [6.45, 7) is 6.76. The van der Waals surface area contributed by atoms with Gasteiger partial charge in [-0.1, -0.05) is 13.8 Å². The molecule has 0 radical (unpaired) electrons. The maximum Gasteiger partial charge on any atom is 0.0482 e. The number of hydrogen-bond donors (Lipinski definition) is 0. The average Bonchev–Trinajstić information content (AvgIpc) is 2.53. The predicted molar refractivity (Wildman–Crippen MR) is 63.0 cm³/mol. The Morgan fingerprint density at radius 2 is 2.15 bits per heavy atom. The maximum absolute atomic E-state index is 2.36. The van der Waals surface area contributed by atoms with Crippen LogP contribution in [0.1, 0.15) is 24.3 Å². The number of hydrogen-bond acceptors (Lipinski definition) is 2. The van der Waals surface area contributed by atoms with Crippen molar-refractivity contribution >= 4 is 32.1 Å². The summed E-state index contributed by atoms with van der Waals surface area (Å²) >= 11 is 3.84. The zero-order valence-electron chi connectivity index (χ0n) is 8.26. The van der Waals surface area contributed by atoms with Crippen LogP contribution in [0.5, 0.6) is 0 Å². The summed E-state index contributed by atoms with van der Waals surface area (Å²) in [5, 5.41) is 2.25. The lowest BCUT2D eigenvalue weighted by molar-refractivity contribution is 0.654. The summed E-state index contributed by atoms with van der Waals surface area (Å²) in [6, 6.07) is 2.36. The normalized spacial score (nSPS) is 11.7. The van der Waals surface area contributed by atoms with Crippen molar-refractivity contribution in [3.63, 3.8) is 0 Å². The molecule has 0 aliphatic heterocycles. The SMILES string of the molecule is Cc1csc2cc(CC(C)C)sc12. The second-order valence-corrected chi connectivity index (χ2v) is 5.97. The Kier molecular flexibility index (Phi) is 2.43. The van der Waals surface area contributed by atoms with Gasteiger partial charge in [0.15, 0.2) is 0 Å². The first-order valence-corrected chi connectivity index (χ1v) is 6.33. The highest BCUT2D eigenvalue weighted by molar-refractivity contribution is 7.27. The maximum atomic E-state index is 2.36. The van der Waals surface area contributed by atoms with Crippen LogP contribution in [-0.4, -0.2) is 0 Å². The Balaban J connectivity index is 2.39. The quantitative estimate of drug-likeness (QED) is 0.686. The van der Waals surface area contributed by atoms with E-state index in [1.54, 1.807) is 4.88 Å². The van der Waals surface area contributed by atoms with Crippen molar-refractivity contribution in [2.75, 3.05) is 0 Å². The van der Waals surface area contributed by atoms with Gasteiger partial charge in [0, 0.05) is 14.3 Å². The lowest BCUT2D eigenvalue weighted by Crippen LogP contribution is -1.89. The third-order valence-corrected chi connectivity index (χ3v) is 4.55. The lowest BCUT2D eigenvalue weighted by atomic mass is 10.1. The van der Waals surface area contributed by atoms with Gasteiger partial charge in [0.1, 0.15) is 0 Å². The summed E-state index contributed by atoms with van der Waals surface area (Å²) in [6.07, 6.45) is 1.23. The molecule has 0 aromatic carbocycles. The van der Waals surface area contributed by atoms with Gasteiger partial charge in [-0.25, -0.2) is 0 Å². The Labute approximate surface area is 87.2 Å². The first-order chi connectivity index (χ1) is 6.16. The average molecular weight is 210 g/mol. The molecule has 0 saturated carbocycles. The summed E-state index contributed by atoms with van der Waals surface area (Å²) in [4.78, 5) is 1.54. The Morgan fingerprint density at radius 3 is 2.77 bits per heavy atom. The van der Waals surface area contributed by atoms with E-state index < -0.39 is 0 Å². The highest BCUT2D eigenvalue weighted by Gasteiger charge is 2.06. The van der Waals surface area contributed by atoms with Crippen molar-refractivity contribution in [2.24, 2.45) is 5.92 Å². The molecule has 0 amide bonds. The lowest BCUT2D eigenvalue weighted by Gasteiger charge is -1.99. The van der Waals surface area contributed by atoms with Crippen molar-refractivity contribution < 1.29 is 0 Å². The van der Waals surface area contributed by atoms with E-state index in [2.05, 4.69) is 32.2 Å². The molecule has 0 fully saturated rings. The van der Waals surface area contributed by atoms with E-state index in [-0.39, 0.29) is 0 Å². The fourth-order valence-corrected chi connectivity index (χ4v) is 4.05. The van der Waals surface area contributed by atoms with E-state index in [1.807, 2.05) is 22.7 Å². The van der Waals surface area contributed by atoms with Gasteiger partial charge in [0.05, 0.1) is 0 Å². The zero-order valence-corrected chi connectivity index (χ0v) is 9.89. The smallest absolute Gasteiger partial charge is 0.0482 e. The molecule has 0 spiro atoms. The number of fused-ring (bicyclic) bond motifs is 1. The van der Waals surface area contributed by atoms with Crippen LogP contribution in [0.15, 0.2) is 11.4 Å². The minimum Gasteiger partial charge on any atom is -0.143 e. The molecule has 0 bridgehead atoms. The van der Waals surface area contributed by atoms with Crippen LogP contribution in [0.2, 0.25) is 0 Å². The fourth-order valence-electron chi connectivity index (χ4n) is 1.49. The zero-order chi connectivity index (χ0) is 9.42. The predicted octanol–water partition coefficient (Wildman–Crippen LogP) is 4.47. The molecule has 0 N–H and O–H groups in total. The topological polar surface area (TPSA) is 0 Å². The van der Waals surface area contributed by atoms with Crippen molar-refractivity contribution in [2.45, 2.75) is 27.2 Å². The summed E-state index contributed by atoms with van der Waals surface area (Å²) in [7, 11) is 0. The molecule has 0 atom stereocenters. The van der Waals surface area contributed by atoms with Crippen molar-refractivity contribution in [3.05, 3.63) is 21.9 Å². The molecule has 2 heteroatoms. The van der Waals surface area contributed by atoms with Crippen LogP contribution in [0.4, 0.5) is 0 Å². The third-order valence-electron chi connectivity index (χ3n) is 2.08. The van der Waals surface area contributed by atoms with E-state index in [4.69, 9.17) is 0 Å². The number of thiophene rings is 2. The Morgan fingerprint density at radius 1 is 1.38 bits per heavy atom. The largest absolute Gasteiger partial charge is 0.143 e. The number of rotatable bonds is 2. The van der Waals surface area contributed by atoms with Crippen molar-refractivity contribution in [1.29, 1.82) is 0 Å². The highest BCUT2D eigenvalue weighted by atomic mass is 32.1. The monoisotopic (exact) mass is 210 g/mol. The fraction of sp³-hybridized carbons (Fsp3) is 0.455. The molecular formula is C11H14S2. The molecule has 2 rings (SSSR count). The van der Waals surface area contributed by atoms with E-state index in [9.17, 15) is 0 Å². The van der Waals surface area contributed by atoms with Crippen LogP contribution in [0, 0.1) is 12.8 Å². The van der Waals surface area contributed by atoms with Gasteiger partial charge in [0.2, 0.25) is 0 Å². The van der Waals surface area contributed by atoms with Crippen LogP contribution in [-0.2, 0) is 6.42 Å². The molecule has 2 aromatic rings. The van der Waals surface area contributed by atoms with E-state index in [0.29, 0.717) is 0 Å². The first kappa shape index (κ1) is 9.22. The van der Waals surface area contributed by atoms with Gasteiger partial charge >= 0.3 is 0 Å². The van der Waals surface area contributed by atoms with Gasteiger partial charge in [-0.15, -0.1) is 22.7 Å². The van der Waals surface area contributed by atoms with Gasteiger partial charge in [-0.3, -0.25) is 0 Å². The van der Waals surface area contributed by atoms with Gasteiger partial charge in [0.25, 0.3) is 0 Å². The molecule has 0 saturated heterocycles. The minimum atomic E-state index is 0.771. The van der Waals surface area contributed by atoms with Crippen molar-refractivity contribution in [1.82, 2.24) is 0 Å². The van der Waals surface area contributed by atoms with Gasteiger partial charge < -0.3 is 0 Å². The standard InChI is InChI=1S/C11H14S2/c1-7(2)4-9-5-10-11(13-9)8(3)6-12-10/h5-7H,4H2,1-3H3. The van der Waals surface area contributed by atoms with Crippen LogP contribution in [0.25, 0.3) is 9.40 Å². The molecule has 2 aromatic heterocycles. The van der Waals surface area contributed by atoms with E-state index >= 15 is 0 Å². The summed E-state index contributed by atoms with van der Waals surface area (Å²) in [5.41, 5.74) is 1.44. The molecule has 0 nitrogen and oxygen atoms in total. The summed E-state index contributed by atoms with van der Waals surface area (Å²) in [5.74, 6) is 0.771. The molecular weight excluding hydrogens is 196 g/mol. The van der Waals surface area contributed by atoms with Gasteiger partial charge in [-0.2, -0.15) is 0 Å². The summed E-state index contributed by atoms with van der Waals surface area (Å²) < 4.78 is 2.97. The Hall–Kier alpha value is -0.340. The van der Waals surface area contributed by atoms with Crippen LogP contribution >= 0.6 is 22.7 Å². The second kappa shape index (κ2) is 3.43. The minimum absolute atomic E-state index is 0.771. The highest BCUT2D eigenvalue weighted by Crippen LogP contribution is 2.34. The van der Waals surface area contributed by atoms with Crippen molar-refractivity contribution in [3.8, 4) is 0 Å². The molecule has 2 heterocycles. The second-order valence-electron chi connectivity index (χ2n) is 3.92. The van der Waals surface area contributed by atoms with E-state index in [1.165, 1.54) is 21.4 Å². The number of aryl methyl sites for hydroxylation is 1. The van der Waals surface area contributed by atoms with Crippen LogP contribution in [0.3, 0.4) is 0 Å². The first-order valence-electron chi connectivity index (χ1n) is 4.63. The van der Waals surface area contributed by atoms with Gasteiger partial charge in [-0.05, 0) is 36.3 Å². The molecule has 13 heavy (non-hydrogen) atoms. The molecule has 0 unspecified atom stereocenters. The van der Waals surface area contributed by atoms with Crippen LogP contribution < -0.4 is 0 Å².